The van der Waals surface area contributed by atoms with Gasteiger partial charge < -0.3 is 19.4 Å². The molecule has 3 rings (SSSR count). The lowest BCUT2D eigenvalue weighted by molar-refractivity contribution is 0.402. The highest BCUT2D eigenvalue weighted by Gasteiger charge is 2.10. The molecule has 134 valence electrons. The summed E-state index contributed by atoms with van der Waals surface area (Å²) in [5.41, 5.74) is 1.67. The molecule has 0 fully saturated rings. The van der Waals surface area contributed by atoms with Crippen LogP contribution in [0.3, 0.4) is 0 Å². The predicted molar refractivity (Wildman–Crippen MR) is 101 cm³/mol. The largest absolute Gasteiger partial charge is 0.496 e. The lowest BCUT2D eigenvalue weighted by Crippen LogP contribution is -2.20. The van der Waals surface area contributed by atoms with Crippen LogP contribution in [0.4, 0.5) is 5.95 Å². The van der Waals surface area contributed by atoms with Gasteiger partial charge in [0.25, 0.3) is 0 Å². The third-order valence-electron chi connectivity index (χ3n) is 4.01. The minimum Gasteiger partial charge on any atom is -0.496 e. The van der Waals surface area contributed by atoms with E-state index < -0.39 is 5.56 Å². The van der Waals surface area contributed by atoms with Gasteiger partial charge in [-0.15, -0.1) is 0 Å². The number of ether oxygens (including phenoxy) is 2. The number of hydrogen-bond donors (Lipinski definition) is 1. The zero-order valence-electron chi connectivity index (χ0n) is 14.8. The van der Waals surface area contributed by atoms with Gasteiger partial charge in [-0.1, -0.05) is 48.5 Å². The Morgan fingerprint density at radius 1 is 0.962 bits per heavy atom. The van der Waals surface area contributed by atoms with Crippen molar-refractivity contribution in [1.82, 2.24) is 9.55 Å². The standard InChI is InChI=1S/C20H21N3O3/c1-25-17-11-7-6-10-16(17)12-21-20-22-19(24)18(26-2)14-23(20)13-15-8-4-3-5-9-15/h3-11,14H,12-13H2,1-2H3,(H,21,22,24). The van der Waals surface area contributed by atoms with Gasteiger partial charge in [-0.3, -0.25) is 4.79 Å². The van der Waals surface area contributed by atoms with E-state index in [1.54, 1.807) is 13.3 Å². The first-order valence-corrected chi connectivity index (χ1v) is 8.26. The van der Waals surface area contributed by atoms with Crippen molar-refractivity contribution in [3.05, 3.63) is 82.3 Å². The fourth-order valence-corrected chi connectivity index (χ4v) is 2.68. The van der Waals surface area contributed by atoms with E-state index in [-0.39, 0.29) is 5.75 Å². The second kappa shape index (κ2) is 8.20. The van der Waals surface area contributed by atoms with Crippen molar-refractivity contribution in [2.24, 2.45) is 0 Å². The highest BCUT2D eigenvalue weighted by molar-refractivity contribution is 5.38. The molecule has 0 unspecified atom stereocenters. The molecule has 1 aromatic heterocycles. The SMILES string of the molecule is COc1ccccc1CNc1nc(=O)c(OC)cn1Cc1ccccc1. The molecular weight excluding hydrogens is 330 g/mol. The predicted octanol–water partition coefficient (Wildman–Crippen LogP) is 2.92. The van der Waals surface area contributed by atoms with Gasteiger partial charge in [0.05, 0.1) is 27.0 Å². The molecule has 6 heteroatoms. The summed E-state index contributed by atoms with van der Waals surface area (Å²) < 4.78 is 12.4. The number of nitrogens with zero attached hydrogens (tertiary/aromatic N) is 2. The molecule has 26 heavy (non-hydrogen) atoms. The first-order chi connectivity index (χ1) is 12.7. The minimum absolute atomic E-state index is 0.212. The summed E-state index contributed by atoms with van der Waals surface area (Å²) in [5.74, 6) is 1.47. The Balaban J connectivity index is 1.89. The number of rotatable bonds is 7. The first kappa shape index (κ1) is 17.5. The molecule has 3 aromatic rings. The van der Waals surface area contributed by atoms with E-state index in [1.807, 2.05) is 59.2 Å². The number of hydrogen-bond acceptors (Lipinski definition) is 5. The van der Waals surface area contributed by atoms with Gasteiger partial charge in [-0.25, -0.2) is 0 Å². The fraction of sp³-hybridized carbons (Fsp3) is 0.200. The average Bonchev–Trinajstić information content (AvgIpc) is 2.68. The normalized spacial score (nSPS) is 10.4. The second-order valence-corrected chi connectivity index (χ2v) is 5.72. The number of aromatic nitrogens is 2. The maximum absolute atomic E-state index is 12.1. The Labute approximate surface area is 152 Å². The number of anilines is 1. The molecule has 0 bridgehead atoms. The first-order valence-electron chi connectivity index (χ1n) is 8.26. The topological polar surface area (TPSA) is 65.4 Å². The van der Waals surface area contributed by atoms with E-state index in [4.69, 9.17) is 9.47 Å². The lowest BCUT2D eigenvalue weighted by Gasteiger charge is -2.16. The van der Waals surface area contributed by atoms with Gasteiger partial charge >= 0.3 is 5.56 Å². The molecule has 0 saturated heterocycles. The molecule has 2 aromatic carbocycles. The maximum Gasteiger partial charge on any atom is 0.316 e. The van der Waals surface area contributed by atoms with Gasteiger partial charge in [0, 0.05) is 12.1 Å². The molecule has 1 heterocycles. The molecule has 1 N–H and O–H groups in total. The van der Waals surface area contributed by atoms with E-state index in [9.17, 15) is 4.79 Å². The summed E-state index contributed by atoms with van der Waals surface area (Å²) >= 11 is 0. The monoisotopic (exact) mass is 351 g/mol. The van der Waals surface area contributed by atoms with Crippen LogP contribution in [-0.2, 0) is 13.1 Å². The van der Waals surface area contributed by atoms with Crippen LogP contribution in [-0.4, -0.2) is 23.8 Å². The average molecular weight is 351 g/mol. The Morgan fingerprint density at radius 2 is 1.65 bits per heavy atom. The van der Waals surface area contributed by atoms with Crippen molar-refractivity contribution in [3.63, 3.8) is 0 Å². The molecule has 0 aliphatic carbocycles. The van der Waals surface area contributed by atoms with Gasteiger partial charge in [0.1, 0.15) is 5.75 Å². The van der Waals surface area contributed by atoms with Crippen LogP contribution in [0.15, 0.2) is 65.6 Å². The molecule has 0 atom stereocenters. The maximum atomic E-state index is 12.1. The van der Waals surface area contributed by atoms with Gasteiger partial charge in [-0.05, 0) is 11.6 Å². The van der Waals surface area contributed by atoms with Crippen molar-refractivity contribution in [3.8, 4) is 11.5 Å². The zero-order valence-corrected chi connectivity index (χ0v) is 14.8. The molecule has 0 amide bonds. The smallest absolute Gasteiger partial charge is 0.316 e. The minimum atomic E-state index is -0.403. The lowest BCUT2D eigenvalue weighted by atomic mass is 10.2. The Hall–Kier alpha value is -3.28. The van der Waals surface area contributed by atoms with Crippen molar-refractivity contribution < 1.29 is 9.47 Å². The summed E-state index contributed by atoms with van der Waals surface area (Å²) in [4.78, 5) is 16.2. The van der Waals surface area contributed by atoms with E-state index >= 15 is 0 Å². The van der Waals surface area contributed by atoms with E-state index in [2.05, 4.69) is 10.3 Å². The van der Waals surface area contributed by atoms with Crippen molar-refractivity contribution >= 4 is 5.95 Å². The van der Waals surface area contributed by atoms with Crippen molar-refractivity contribution in [1.29, 1.82) is 0 Å². The number of methoxy groups -OCH3 is 2. The van der Waals surface area contributed by atoms with Crippen molar-refractivity contribution in [2.45, 2.75) is 13.1 Å². The third-order valence-corrected chi connectivity index (χ3v) is 4.01. The van der Waals surface area contributed by atoms with Crippen LogP contribution < -0.4 is 20.3 Å². The molecule has 6 nitrogen and oxygen atoms in total. The summed E-state index contributed by atoms with van der Waals surface area (Å²) in [6.07, 6.45) is 1.67. The third kappa shape index (κ3) is 4.03. The fourth-order valence-electron chi connectivity index (χ4n) is 2.68. The van der Waals surface area contributed by atoms with Gasteiger partial charge in [-0.2, -0.15) is 4.98 Å². The number of nitrogens with one attached hydrogen (secondary N) is 1. The number of para-hydroxylation sites is 1. The molecule has 0 radical (unpaired) electrons. The van der Waals surface area contributed by atoms with E-state index in [1.165, 1.54) is 7.11 Å². The Morgan fingerprint density at radius 3 is 2.38 bits per heavy atom. The van der Waals surface area contributed by atoms with Crippen molar-refractivity contribution in [2.75, 3.05) is 19.5 Å². The zero-order chi connectivity index (χ0) is 18.4. The van der Waals surface area contributed by atoms with E-state index in [0.717, 1.165) is 16.9 Å². The Bertz CT molecular complexity index is 923. The van der Waals surface area contributed by atoms with Gasteiger partial charge in [0.2, 0.25) is 11.7 Å². The van der Waals surface area contributed by atoms with Crippen LogP contribution in [0, 0.1) is 0 Å². The highest BCUT2D eigenvalue weighted by Crippen LogP contribution is 2.19. The summed E-state index contributed by atoms with van der Waals surface area (Å²) in [7, 11) is 3.10. The molecule has 0 saturated carbocycles. The van der Waals surface area contributed by atoms with Crippen LogP contribution in [0.25, 0.3) is 0 Å². The second-order valence-electron chi connectivity index (χ2n) is 5.72. The molecule has 0 spiro atoms. The van der Waals surface area contributed by atoms with Crippen LogP contribution in [0.2, 0.25) is 0 Å². The molecule has 0 aliphatic heterocycles. The number of benzene rings is 2. The summed E-state index contributed by atoms with van der Waals surface area (Å²) in [6, 6.07) is 17.7. The summed E-state index contributed by atoms with van der Waals surface area (Å²) in [6.45, 7) is 1.05. The van der Waals surface area contributed by atoms with Gasteiger partial charge in [0.15, 0.2) is 0 Å². The summed E-state index contributed by atoms with van der Waals surface area (Å²) in [5, 5.41) is 3.23. The van der Waals surface area contributed by atoms with E-state index in [0.29, 0.717) is 19.0 Å². The van der Waals surface area contributed by atoms with Crippen LogP contribution in [0.1, 0.15) is 11.1 Å². The Kier molecular flexibility index (Phi) is 5.53. The van der Waals surface area contributed by atoms with Crippen LogP contribution >= 0.6 is 0 Å². The molecular formula is C20H21N3O3. The highest BCUT2D eigenvalue weighted by atomic mass is 16.5. The quantitative estimate of drug-likeness (QED) is 0.709. The van der Waals surface area contributed by atoms with Crippen LogP contribution in [0.5, 0.6) is 11.5 Å². The molecule has 0 aliphatic rings.